The maximum Gasteiger partial charge on any atom is 0.251 e. The highest BCUT2D eigenvalue weighted by molar-refractivity contribution is 7.89. The monoisotopic (exact) mass is 481 g/mol. The van der Waals surface area contributed by atoms with Crippen LogP contribution in [0.15, 0.2) is 71.8 Å². The summed E-state index contributed by atoms with van der Waals surface area (Å²) in [6.07, 6.45) is 4.37. The molecule has 0 saturated carbocycles. The number of rotatable bonds is 8. The van der Waals surface area contributed by atoms with E-state index in [0.717, 1.165) is 24.8 Å². The first-order chi connectivity index (χ1) is 16.5. The number of hydrogen-bond donors (Lipinski definition) is 1. The van der Waals surface area contributed by atoms with Crippen molar-refractivity contribution in [1.29, 1.82) is 0 Å². The molecule has 0 radical (unpaired) electrons. The van der Waals surface area contributed by atoms with Gasteiger partial charge in [0.15, 0.2) is 0 Å². The number of nitrogens with one attached hydrogen (secondary N) is 1. The largest absolute Gasteiger partial charge is 0.497 e. The lowest BCUT2D eigenvalue weighted by atomic mass is 10.2. The Morgan fingerprint density at radius 2 is 1.76 bits per heavy atom. The minimum atomic E-state index is -3.60. The topological polar surface area (TPSA) is 97.8 Å². The molecule has 34 heavy (non-hydrogen) atoms. The van der Waals surface area contributed by atoms with Gasteiger partial charge in [0.2, 0.25) is 15.9 Å². The van der Waals surface area contributed by atoms with Crippen LogP contribution < -0.4 is 14.8 Å². The van der Waals surface area contributed by atoms with Crippen molar-refractivity contribution >= 4 is 15.9 Å². The Kier molecular flexibility index (Phi) is 7.44. The van der Waals surface area contributed by atoms with Crippen molar-refractivity contribution in [3.8, 4) is 17.4 Å². The molecule has 178 valence electrons. The standard InChI is InChI=1S/C25H27N3O5S/c1-32-21-8-6-9-22(16-21)33-24-12-11-19(17-26-24)18-27-25(29)20-7-5-10-23(15-20)34(30,31)28-13-3-2-4-14-28/h5-12,15-17H,2-4,13-14,18H2,1H3,(H,27,29). The van der Waals surface area contributed by atoms with Crippen molar-refractivity contribution in [2.75, 3.05) is 20.2 Å². The number of hydrogen-bond acceptors (Lipinski definition) is 6. The molecule has 2 heterocycles. The Morgan fingerprint density at radius 3 is 2.50 bits per heavy atom. The first-order valence-corrected chi connectivity index (χ1v) is 12.5. The Morgan fingerprint density at radius 1 is 1.00 bits per heavy atom. The quantitative estimate of drug-likeness (QED) is 0.523. The van der Waals surface area contributed by atoms with Crippen LogP contribution >= 0.6 is 0 Å². The predicted octanol–water partition coefficient (Wildman–Crippen LogP) is 3.99. The van der Waals surface area contributed by atoms with E-state index in [0.29, 0.717) is 36.0 Å². The maximum atomic E-state index is 12.9. The first-order valence-electron chi connectivity index (χ1n) is 11.1. The summed E-state index contributed by atoms with van der Waals surface area (Å²) in [6, 6.07) is 16.9. The Hall–Kier alpha value is -3.43. The fraction of sp³-hybridized carbons (Fsp3) is 0.280. The van der Waals surface area contributed by atoms with Gasteiger partial charge in [-0.25, -0.2) is 13.4 Å². The van der Waals surface area contributed by atoms with E-state index in [4.69, 9.17) is 9.47 Å². The van der Waals surface area contributed by atoms with Gasteiger partial charge in [-0.05, 0) is 48.7 Å². The van der Waals surface area contributed by atoms with Gasteiger partial charge < -0.3 is 14.8 Å². The van der Waals surface area contributed by atoms with Gasteiger partial charge in [0, 0.05) is 43.5 Å². The molecular formula is C25H27N3O5S. The van der Waals surface area contributed by atoms with Crippen LogP contribution in [0.1, 0.15) is 35.2 Å². The zero-order valence-electron chi connectivity index (χ0n) is 18.9. The summed E-state index contributed by atoms with van der Waals surface area (Å²) in [5.41, 5.74) is 1.08. The third-order valence-electron chi connectivity index (χ3n) is 5.56. The molecule has 1 saturated heterocycles. The van der Waals surface area contributed by atoms with Crippen molar-refractivity contribution in [2.24, 2.45) is 0 Å². The highest BCUT2D eigenvalue weighted by Crippen LogP contribution is 2.24. The zero-order chi connectivity index (χ0) is 24.0. The van der Waals surface area contributed by atoms with Crippen molar-refractivity contribution in [2.45, 2.75) is 30.7 Å². The van der Waals surface area contributed by atoms with Crippen LogP contribution in [0.5, 0.6) is 17.4 Å². The highest BCUT2D eigenvalue weighted by Gasteiger charge is 2.26. The molecule has 0 bridgehead atoms. The molecule has 1 N–H and O–H groups in total. The third-order valence-corrected chi connectivity index (χ3v) is 7.46. The van der Waals surface area contributed by atoms with E-state index >= 15 is 0 Å². The molecule has 1 aliphatic heterocycles. The number of methoxy groups -OCH3 is 1. The lowest BCUT2D eigenvalue weighted by molar-refractivity contribution is 0.0950. The molecular weight excluding hydrogens is 454 g/mol. The second kappa shape index (κ2) is 10.7. The van der Waals surface area contributed by atoms with E-state index in [-0.39, 0.29) is 17.3 Å². The van der Waals surface area contributed by atoms with Crippen LogP contribution in [-0.4, -0.2) is 43.8 Å². The summed E-state index contributed by atoms with van der Waals surface area (Å²) in [4.78, 5) is 17.1. The Labute approximate surface area is 199 Å². The van der Waals surface area contributed by atoms with Gasteiger partial charge in [-0.1, -0.05) is 24.6 Å². The SMILES string of the molecule is COc1cccc(Oc2ccc(CNC(=O)c3cccc(S(=O)(=O)N4CCCCC4)c3)cn2)c1. The van der Waals surface area contributed by atoms with Gasteiger partial charge in [0.25, 0.3) is 5.91 Å². The number of piperidine rings is 1. The molecule has 1 aromatic heterocycles. The van der Waals surface area contributed by atoms with E-state index in [1.165, 1.54) is 16.4 Å². The predicted molar refractivity (Wildman–Crippen MR) is 128 cm³/mol. The molecule has 0 aliphatic carbocycles. The van der Waals surface area contributed by atoms with Gasteiger partial charge in [-0.15, -0.1) is 0 Å². The van der Waals surface area contributed by atoms with Crippen LogP contribution in [0.4, 0.5) is 0 Å². The molecule has 4 rings (SSSR count). The van der Waals surface area contributed by atoms with Gasteiger partial charge in [-0.3, -0.25) is 4.79 Å². The van der Waals surface area contributed by atoms with Crippen molar-refractivity contribution in [1.82, 2.24) is 14.6 Å². The van der Waals surface area contributed by atoms with Crippen LogP contribution in [0.25, 0.3) is 0 Å². The van der Waals surface area contributed by atoms with Gasteiger partial charge >= 0.3 is 0 Å². The molecule has 0 atom stereocenters. The summed E-state index contributed by atoms with van der Waals surface area (Å²) >= 11 is 0. The molecule has 0 unspecified atom stereocenters. The zero-order valence-corrected chi connectivity index (χ0v) is 19.8. The molecule has 1 aliphatic rings. The lowest BCUT2D eigenvalue weighted by Gasteiger charge is -2.26. The summed E-state index contributed by atoms with van der Waals surface area (Å²) in [7, 11) is -2.01. The molecule has 3 aromatic rings. The maximum absolute atomic E-state index is 12.9. The fourth-order valence-corrected chi connectivity index (χ4v) is 5.26. The summed E-state index contributed by atoms with van der Waals surface area (Å²) < 4.78 is 38.2. The molecule has 1 fully saturated rings. The molecule has 9 heteroatoms. The number of amides is 1. The van der Waals surface area contributed by atoms with E-state index in [2.05, 4.69) is 10.3 Å². The minimum Gasteiger partial charge on any atom is -0.497 e. The number of carbonyl (C=O) groups is 1. The number of carbonyl (C=O) groups excluding carboxylic acids is 1. The smallest absolute Gasteiger partial charge is 0.251 e. The van der Waals surface area contributed by atoms with E-state index < -0.39 is 10.0 Å². The number of aromatic nitrogens is 1. The van der Waals surface area contributed by atoms with Crippen LogP contribution in [0.2, 0.25) is 0 Å². The van der Waals surface area contributed by atoms with Gasteiger partial charge in [0.1, 0.15) is 11.5 Å². The van der Waals surface area contributed by atoms with Crippen LogP contribution in [-0.2, 0) is 16.6 Å². The Balaban J connectivity index is 1.36. The normalized spacial score (nSPS) is 14.4. The summed E-state index contributed by atoms with van der Waals surface area (Å²) in [5.74, 6) is 1.35. The molecule has 1 amide bonds. The second-order valence-electron chi connectivity index (χ2n) is 7.96. The number of nitrogens with zero attached hydrogens (tertiary/aromatic N) is 2. The third kappa shape index (κ3) is 5.73. The van der Waals surface area contributed by atoms with E-state index in [1.807, 2.05) is 12.1 Å². The van der Waals surface area contributed by atoms with E-state index in [1.54, 1.807) is 49.7 Å². The fourth-order valence-electron chi connectivity index (χ4n) is 3.70. The second-order valence-corrected chi connectivity index (χ2v) is 9.90. The summed E-state index contributed by atoms with van der Waals surface area (Å²) in [6.45, 7) is 1.28. The number of benzene rings is 2. The van der Waals surface area contributed by atoms with Crippen molar-refractivity contribution < 1.29 is 22.7 Å². The van der Waals surface area contributed by atoms with Crippen LogP contribution in [0.3, 0.4) is 0 Å². The van der Waals surface area contributed by atoms with Gasteiger partial charge in [-0.2, -0.15) is 4.31 Å². The van der Waals surface area contributed by atoms with Crippen molar-refractivity contribution in [3.05, 3.63) is 78.0 Å². The lowest BCUT2D eigenvalue weighted by Crippen LogP contribution is -2.35. The minimum absolute atomic E-state index is 0.141. The summed E-state index contributed by atoms with van der Waals surface area (Å²) in [5, 5.41) is 2.81. The average Bonchev–Trinajstić information content (AvgIpc) is 2.89. The van der Waals surface area contributed by atoms with Crippen LogP contribution in [0, 0.1) is 0 Å². The molecule has 2 aromatic carbocycles. The number of sulfonamides is 1. The number of ether oxygens (including phenoxy) is 2. The Bertz CT molecular complexity index is 1240. The average molecular weight is 482 g/mol. The number of pyridine rings is 1. The molecule has 8 nitrogen and oxygen atoms in total. The first kappa shape index (κ1) is 23.7. The highest BCUT2D eigenvalue weighted by atomic mass is 32.2. The van der Waals surface area contributed by atoms with Crippen molar-refractivity contribution in [3.63, 3.8) is 0 Å². The van der Waals surface area contributed by atoms with Gasteiger partial charge in [0.05, 0.1) is 12.0 Å². The van der Waals surface area contributed by atoms with E-state index in [9.17, 15) is 13.2 Å². The molecule has 0 spiro atoms.